The summed E-state index contributed by atoms with van der Waals surface area (Å²) in [5.74, 6) is -0.659. The van der Waals surface area contributed by atoms with E-state index in [1.807, 2.05) is 0 Å². The maximum atomic E-state index is 12.8. The summed E-state index contributed by atoms with van der Waals surface area (Å²) in [6, 6.07) is 6.24. The van der Waals surface area contributed by atoms with Crippen molar-refractivity contribution in [1.82, 2.24) is 0 Å². The molecule has 0 saturated heterocycles. The van der Waals surface area contributed by atoms with E-state index in [-0.39, 0.29) is 10.4 Å². The van der Waals surface area contributed by atoms with Crippen molar-refractivity contribution in [1.29, 1.82) is 0 Å². The Morgan fingerprint density at radius 1 is 1.26 bits per heavy atom. The van der Waals surface area contributed by atoms with Gasteiger partial charge in [-0.15, -0.1) is 11.3 Å². The zero-order valence-electron chi connectivity index (χ0n) is 9.72. The van der Waals surface area contributed by atoms with E-state index in [0.29, 0.717) is 9.90 Å². The second-order valence-electron chi connectivity index (χ2n) is 3.94. The molecule has 0 amide bonds. The van der Waals surface area contributed by atoms with Crippen LogP contribution in [-0.2, 0) is 6.18 Å². The molecule has 100 valence electrons. The largest absolute Gasteiger partial charge is 0.417 e. The summed E-state index contributed by atoms with van der Waals surface area (Å²) in [6.45, 7) is 1.70. The fourth-order valence-corrected chi connectivity index (χ4v) is 2.79. The van der Waals surface area contributed by atoms with E-state index in [2.05, 4.69) is 0 Å². The molecule has 0 bridgehead atoms. The highest BCUT2D eigenvalue weighted by Gasteiger charge is 2.35. The molecule has 6 heteroatoms. The Morgan fingerprint density at radius 3 is 2.42 bits per heavy atom. The standard InChI is InChI=1S/C13H8ClF3OS/c1-7-6-10(19-12(7)14)11(18)8-4-2-3-5-9(8)13(15,16)17/h2-6H,1H3. The lowest BCUT2D eigenvalue weighted by Crippen LogP contribution is -2.12. The number of rotatable bonds is 2. The predicted molar refractivity (Wildman–Crippen MR) is 68.9 cm³/mol. The molecule has 0 N–H and O–H groups in total. The molecule has 0 aliphatic rings. The average Bonchev–Trinajstić information content (AvgIpc) is 2.68. The average molecular weight is 305 g/mol. The summed E-state index contributed by atoms with van der Waals surface area (Å²) in [5.41, 5.74) is -0.602. The van der Waals surface area contributed by atoms with Crippen molar-refractivity contribution < 1.29 is 18.0 Å². The smallest absolute Gasteiger partial charge is 0.288 e. The van der Waals surface area contributed by atoms with Gasteiger partial charge in [0, 0.05) is 5.56 Å². The van der Waals surface area contributed by atoms with Crippen molar-refractivity contribution in [2.75, 3.05) is 0 Å². The predicted octanol–water partition coefficient (Wildman–Crippen LogP) is 4.96. The summed E-state index contributed by atoms with van der Waals surface area (Å²) in [6.07, 6.45) is -4.55. The van der Waals surface area contributed by atoms with Gasteiger partial charge in [0.1, 0.15) is 0 Å². The lowest BCUT2D eigenvalue weighted by Gasteiger charge is -2.10. The van der Waals surface area contributed by atoms with Crippen LogP contribution in [0.4, 0.5) is 13.2 Å². The Kier molecular flexibility index (Phi) is 3.69. The van der Waals surface area contributed by atoms with Gasteiger partial charge in [0.25, 0.3) is 0 Å². The second kappa shape index (κ2) is 4.98. The first kappa shape index (κ1) is 14.1. The SMILES string of the molecule is Cc1cc(C(=O)c2ccccc2C(F)(F)F)sc1Cl. The number of alkyl halides is 3. The zero-order valence-corrected chi connectivity index (χ0v) is 11.3. The van der Waals surface area contributed by atoms with Crippen LogP contribution >= 0.6 is 22.9 Å². The van der Waals surface area contributed by atoms with Crippen LogP contribution in [0.1, 0.15) is 26.4 Å². The number of carbonyl (C=O) groups is 1. The number of aryl methyl sites for hydroxylation is 1. The third-order valence-corrected chi connectivity index (χ3v) is 4.11. The monoisotopic (exact) mass is 304 g/mol. The van der Waals surface area contributed by atoms with Crippen LogP contribution in [0, 0.1) is 6.92 Å². The number of benzene rings is 1. The van der Waals surface area contributed by atoms with Crippen molar-refractivity contribution >= 4 is 28.7 Å². The number of carbonyl (C=O) groups excluding carboxylic acids is 1. The van der Waals surface area contributed by atoms with Crippen molar-refractivity contribution in [3.63, 3.8) is 0 Å². The first-order valence-corrected chi connectivity index (χ1v) is 6.47. The Bertz CT molecular complexity index is 612. The molecule has 0 aliphatic carbocycles. The lowest BCUT2D eigenvalue weighted by atomic mass is 10.0. The van der Waals surface area contributed by atoms with Gasteiger partial charge in [-0.25, -0.2) is 0 Å². The molecule has 1 aromatic carbocycles. The molecule has 2 aromatic rings. The van der Waals surface area contributed by atoms with Gasteiger partial charge < -0.3 is 0 Å². The van der Waals surface area contributed by atoms with E-state index in [1.165, 1.54) is 24.3 Å². The molecular formula is C13H8ClF3OS. The van der Waals surface area contributed by atoms with Crippen LogP contribution < -0.4 is 0 Å². The van der Waals surface area contributed by atoms with Gasteiger partial charge in [-0.05, 0) is 24.6 Å². The van der Waals surface area contributed by atoms with Crippen LogP contribution in [0.15, 0.2) is 30.3 Å². The molecule has 0 saturated carbocycles. The van der Waals surface area contributed by atoms with Gasteiger partial charge in [0.05, 0.1) is 14.8 Å². The summed E-state index contributed by atoms with van der Waals surface area (Å²) in [7, 11) is 0. The number of ketones is 1. The lowest BCUT2D eigenvalue weighted by molar-refractivity contribution is -0.137. The van der Waals surface area contributed by atoms with E-state index in [1.54, 1.807) is 6.92 Å². The third-order valence-electron chi connectivity index (χ3n) is 2.56. The minimum atomic E-state index is -4.55. The fraction of sp³-hybridized carbons (Fsp3) is 0.154. The highest BCUT2D eigenvalue weighted by Crippen LogP contribution is 2.35. The highest BCUT2D eigenvalue weighted by molar-refractivity contribution is 7.18. The number of hydrogen-bond donors (Lipinski definition) is 0. The normalized spacial score (nSPS) is 11.6. The number of hydrogen-bond acceptors (Lipinski definition) is 2. The van der Waals surface area contributed by atoms with E-state index in [9.17, 15) is 18.0 Å². The van der Waals surface area contributed by atoms with Crippen molar-refractivity contribution in [3.05, 3.63) is 56.2 Å². The van der Waals surface area contributed by atoms with E-state index < -0.39 is 17.5 Å². The minimum absolute atomic E-state index is 0.208. The molecule has 0 fully saturated rings. The topological polar surface area (TPSA) is 17.1 Å². The summed E-state index contributed by atoms with van der Waals surface area (Å²) < 4.78 is 38.9. The van der Waals surface area contributed by atoms with Crippen LogP contribution in [0.5, 0.6) is 0 Å². The summed E-state index contributed by atoms with van der Waals surface area (Å²) in [5, 5.41) is 0. The van der Waals surface area contributed by atoms with E-state index in [0.717, 1.165) is 17.4 Å². The molecule has 2 rings (SSSR count). The Balaban J connectivity index is 2.51. The maximum absolute atomic E-state index is 12.8. The van der Waals surface area contributed by atoms with E-state index in [4.69, 9.17) is 11.6 Å². The van der Waals surface area contributed by atoms with Crippen LogP contribution in [0.2, 0.25) is 4.34 Å². The minimum Gasteiger partial charge on any atom is -0.288 e. The van der Waals surface area contributed by atoms with Gasteiger partial charge in [0.2, 0.25) is 5.78 Å². The van der Waals surface area contributed by atoms with Gasteiger partial charge in [0.15, 0.2) is 0 Å². The fourth-order valence-electron chi connectivity index (χ4n) is 1.63. The maximum Gasteiger partial charge on any atom is 0.417 e. The highest BCUT2D eigenvalue weighted by atomic mass is 35.5. The van der Waals surface area contributed by atoms with Crippen molar-refractivity contribution in [2.24, 2.45) is 0 Å². The first-order chi connectivity index (χ1) is 8.80. The van der Waals surface area contributed by atoms with Gasteiger partial charge in [-0.3, -0.25) is 4.79 Å². The molecule has 1 heterocycles. The molecule has 0 aliphatic heterocycles. The molecule has 1 nitrogen and oxygen atoms in total. The zero-order chi connectivity index (χ0) is 14.2. The van der Waals surface area contributed by atoms with Crippen LogP contribution in [0.25, 0.3) is 0 Å². The quantitative estimate of drug-likeness (QED) is 0.717. The van der Waals surface area contributed by atoms with Gasteiger partial charge in [-0.1, -0.05) is 29.8 Å². The van der Waals surface area contributed by atoms with Crippen molar-refractivity contribution in [3.8, 4) is 0 Å². The summed E-state index contributed by atoms with van der Waals surface area (Å²) >= 11 is 6.82. The molecular weight excluding hydrogens is 297 g/mol. The van der Waals surface area contributed by atoms with E-state index >= 15 is 0 Å². The number of halogens is 4. The second-order valence-corrected chi connectivity index (χ2v) is 5.59. The molecule has 0 unspecified atom stereocenters. The Hall–Kier alpha value is -1.33. The van der Waals surface area contributed by atoms with Crippen LogP contribution in [-0.4, -0.2) is 5.78 Å². The molecule has 1 aromatic heterocycles. The summed E-state index contributed by atoms with van der Waals surface area (Å²) in [4.78, 5) is 12.3. The first-order valence-electron chi connectivity index (χ1n) is 5.27. The van der Waals surface area contributed by atoms with Gasteiger partial charge in [-0.2, -0.15) is 13.2 Å². The molecule has 0 atom stereocenters. The molecule has 0 radical (unpaired) electrons. The van der Waals surface area contributed by atoms with Crippen molar-refractivity contribution in [2.45, 2.75) is 13.1 Å². The molecule has 0 spiro atoms. The Labute approximate surface area is 116 Å². The molecule has 19 heavy (non-hydrogen) atoms. The van der Waals surface area contributed by atoms with Gasteiger partial charge >= 0.3 is 6.18 Å². The Morgan fingerprint density at radius 2 is 1.89 bits per heavy atom. The van der Waals surface area contributed by atoms with Crippen LogP contribution in [0.3, 0.4) is 0 Å². The third kappa shape index (κ3) is 2.82. The number of thiophene rings is 1.